The summed E-state index contributed by atoms with van der Waals surface area (Å²) < 4.78 is 30.4. The molecular weight excluding hydrogens is 330 g/mol. The molecule has 2 aromatic heterocycles. The van der Waals surface area contributed by atoms with Crippen LogP contribution in [0, 0.1) is 6.92 Å². The van der Waals surface area contributed by atoms with Gasteiger partial charge in [-0.2, -0.15) is 5.10 Å². The number of aryl methyl sites for hydroxylation is 2. The summed E-state index contributed by atoms with van der Waals surface area (Å²) in [7, 11) is -1.65. The number of sulfone groups is 1. The molecule has 0 unspecified atom stereocenters. The summed E-state index contributed by atoms with van der Waals surface area (Å²) in [4.78, 5) is 17.1. The first-order valence-electron chi connectivity index (χ1n) is 8.10. The third-order valence-corrected chi connectivity index (χ3v) is 6.74. The van der Waals surface area contributed by atoms with E-state index in [9.17, 15) is 13.2 Å². The number of nitrogens with zero attached hydrogens (tertiary/aromatic N) is 3. The number of carbonyl (C=O) groups excluding carboxylic acids is 1. The van der Waals surface area contributed by atoms with Crippen molar-refractivity contribution in [2.24, 2.45) is 0 Å². The van der Waals surface area contributed by atoms with Crippen molar-refractivity contribution in [3.05, 3.63) is 22.5 Å². The van der Waals surface area contributed by atoms with Crippen LogP contribution in [-0.2, 0) is 27.4 Å². The van der Waals surface area contributed by atoms with Crippen LogP contribution < -0.4 is 0 Å². The van der Waals surface area contributed by atoms with Gasteiger partial charge in [0.1, 0.15) is 0 Å². The molecular formula is C16H19N3O4S. The summed E-state index contributed by atoms with van der Waals surface area (Å²) in [5.74, 6) is -0.121. The molecule has 8 heteroatoms. The van der Waals surface area contributed by atoms with Gasteiger partial charge in [0.15, 0.2) is 15.5 Å². The summed E-state index contributed by atoms with van der Waals surface area (Å²) in [5, 5.41) is 5.24. The number of fused-ring (bicyclic) bond motifs is 2. The van der Waals surface area contributed by atoms with Crippen molar-refractivity contribution in [1.29, 1.82) is 0 Å². The molecule has 2 aliphatic rings. The highest BCUT2D eigenvalue weighted by Gasteiger charge is 2.34. The Morgan fingerprint density at radius 2 is 2.12 bits per heavy atom. The van der Waals surface area contributed by atoms with Crippen LogP contribution >= 0.6 is 0 Å². The maximum atomic E-state index is 12.4. The number of ether oxygens (including phenoxy) is 1. The first kappa shape index (κ1) is 15.6. The van der Waals surface area contributed by atoms with Crippen LogP contribution in [0.2, 0.25) is 0 Å². The third-order valence-electron chi connectivity index (χ3n) is 4.99. The van der Waals surface area contributed by atoms with Gasteiger partial charge >= 0.3 is 5.97 Å². The van der Waals surface area contributed by atoms with Gasteiger partial charge in [-0.15, -0.1) is 0 Å². The molecule has 0 N–H and O–H groups in total. The normalized spacial score (nSPS) is 22.0. The quantitative estimate of drug-likeness (QED) is 0.761. The van der Waals surface area contributed by atoms with Gasteiger partial charge in [0.25, 0.3) is 0 Å². The van der Waals surface area contributed by atoms with Gasteiger partial charge in [0.2, 0.25) is 0 Å². The van der Waals surface area contributed by atoms with Crippen LogP contribution in [0.1, 0.15) is 46.2 Å². The van der Waals surface area contributed by atoms with Crippen LogP contribution in [0.5, 0.6) is 0 Å². The van der Waals surface area contributed by atoms with Gasteiger partial charge in [-0.25, -0.2) is 22.9 Å². The molecule has 2 aromatic rings. The molecule has 0 bridgehead atoms. The minimum absolute atomic E-state index is 0.0789. The number of hydrogen-bond donors (Lipinski definition) is 0. The highest BCUT2D eigenvalue weighted by Crippen LogP contribution is 2.34. The predicted octanol–water partition coefficient (Wildman–Crippen LogP) is 1.37. The van der Waals surface area contributed by atoms with Crippen molar-refractivity contribution in [3.63, 3.8) is 0 Å². The zero-order valence-electron chi connectivity index (χ0n) is 13.7. The first-order valence-corrected chi connectivity index (χ1v) is 9.92. The lowest BCUT2D eigenvalue weighted by molar-refractivity contribution is 0.0601. The monoisotopic (exact) mass is 349 g/mol. The minimum atomic E-state index is -3.03. The lowest BCUT2D eigenvalue weighted by atomic mass is 10.0. The molecule has 24 heavy (non-hydrogen) atoms. The molecule has 0 aromatic carbocycles. The fraction of sp³-hybridized carbons (Fsp3) is 0.562. The average molecular weight is 349 g/mol. The van der Waals surface area contributed by atoms with E-state index in [4.69, 9.17) is 9.72 Å². The smallest absolute Gasteiger partial charge is 0.339 e. The maximum absolute atomic E-state index is 12.4. The molecule has 128 valence electrons. The van der Waals surface area contributed by atoms with Crippen molar-refractivity contribution in [2.45, 2.75) is 38.6 Å². The standard InChI is InChI=1S/C16H19N3O4S/c1-9-13-14(16(20)23-2)11-4-3-5-12(11)17-15(13)19(18-9)10-6-7-24(21,22)8-10/h10H,3-8H2,1-2H3/t10-/m0/s1. The van der Waals surface area contributed by atoms with E-state index in [1.165, 1.54) is 7.11 Å². The predicted molar refractivity (Wildman–Crippen MR) is 87.9 cm³/mol. The molecule has 1 atom stereocenters. The van der Waals surface area contributed by atoms with Gasteiger partial charge in [0, 0.05) is 5.69 Å². The lowest BCUT2D eigenvalue weighted by Crippen LogP contribution is -2.14. The van der Waals surface area contributed by atoms with Crippen molar-refractivity contribution in [1.82, 2.24) is 14.8 Å². The zero-order valence-corrected chi connectivity index (χ0v) is 14.5. The molecule has 0 amide bonds. The number of esters is 1. The molecule has 1 fully saturated rings. The Hall–Kier alpha value is -1.96. The molecule has 0 spiro atoms. The van der Waals surface area contributed by atoms with Crippen LogP contribution in [0.4, 0.5) is 0 Å². The highest BCUT2D eigenvalue weighted by atomic mass is 32.2. The van der Waals surface area contributed by atoms with E-state index in [1.807, 2.05) is 6.92 Å². The van der Waals surface area contributed by atoms with E-state index >= 15 is 0 Å². The van der Waals surface area contributed by atoms with Crippen LogP contribution in [0.3, 0.4) is 0 Å². The maximum Gasteiger partial charge on any atom is 0.339 e. The highest BCUT2D eigenvalue weighted by molar-refractivity contribution is 7.91. The van der Waals surface area contributed by atoms with E-state index in [0.717, 1.165) is 30.5 Å². The van der Waals surface area contributed by atoms with Crippen molar-refractivity contribution in [2.75, 3.05) is 18.6 Å². The third kappa shape index (κ3) is 2.23. The molecule has 0 saturated carbocycles. The molecule has 4 rings (SSSR count). The van der Waals surface area contributed by atoms with Crippen molar-refractivity contribution >= 4 is 26.8 Å². The van der Waals surface area contributed by atoms with E-state index in [1.54, 1.807) is 4.68 Å². The fourth-order valence-electron chi connectivity index (χ4n) is 3.88. The van der Waals surface area contributed by atoms with Crippen molar-refractivity contribution < 1.29 is 17.9 Å². The van der Waals surface area contributed by atoms with E-state index in [2.05, 4.69) is 5.10 Å². The van der Waals surface area contributed by atoms with E-state index in [-0.39, 0.29) is 23.5 Å². The Bertz CT molecular complexity index is 962. The van der Waals surface area contributed by atoms with E-state index < -0.39 is 9.84 Å². The van der Waals surface area contributed by atoms with Gasteiger partial charge in [-0.1, -0.05) is 0 Å². The second-order valence-corrected chi connectivity index (χ2v) is 8.77. The fourth-order valence-corrected chi connectivity index (χ4v) is 5.58. The van der Waals surface area contributed by atoms with Crippen LogP contribution in [-0.4, -0.2) is 47.8 Å². The number of rotatable bonds is 2. The Labute approximate surface area is 139 Å². The lowest BCUT2D eigenvalue weighted by Gasteiger charge is -2.12. The van der Waals surface area contributed by atoms with E-state index in [0.29, 0.717) is 28.7 Å². The summed E-state index contributed by atoms with van der Waals surface area (Å²) in [6.07, 6.45) is 3.13. The number of carbonyl (C=O) groups is 1. The second kappa shape index (κ2) is 5.27. The molecule has 1 aliphatic heterocycles. The number of hydrogen-bond acceptors (Lipinski definition) is 6. The number of aromatic nitrogens is 3. The molecule has 1 saturated heterocycles. The second-order valence-electron chi connectivity index (χ2n) is 6.54. The average Bonchev–Trinajstić information content (AvgIpc) is 3.22. The van der Waals surface area contributed by atoms with Crippen LogP contribution in [0.25, 0.3) is 11.0 Å². The van der Waals surface area contributed by atoms with Gasteiger partial charge < -0.3 is 4.74 Å². The van der Waals surface area contributed by atoms with Gasteiger partial charge in [-0.05, 0) is 38.2 Å². The molecule has 1 aliphatic carbocycles. The van der Waals surface area contributed by atoms with Crippen molar-refractivity contribution in [3.8, 4) is 0 Å². The van der Waals surface area contributed by atoms with Gasteiger partial charge in [0.05, 0.1) is 41.3 Å². The summed E-state index contributed by atoms with van der Waals surface area (Å²) in [6.45, 7) is 1.83. The molecule has 7 nitrogen and oxygen atoms in total. The largest absolute Gasteiger partial charge is 0.465 e. The summed E-state index contributed by atoms with van der Waals surface area (Å²) >= 11 is 0. The topological polar surface area (TPSA) is 91.2 Å². The Morgan fingerprint density at radius 3 is 2.79 bits per heavy atom. The Morgan fingerprint density at radius 1 is 1.33 bits per heavy atom. The van der Waals surface area contributed by atoms with Crippen LogP contribution in [0.15, 0.2) is 0 Å². The summed E-state index contributed by atoms with van der Waals surface area (Å²) in [5.41, 5.74) is 3.72. The summed E-state index contributed by atoms with van der Waals surface area (Å²) in [6, 6.07) is -0.219. The SMILES string of the molecule is COC(=O)c1c2c(nc3c1c(C)nn3[C@H]1CCS(=O)(=O)C1)CCC2. The number of methoxy groups -OCH3 is 1. The first-order chi connectivity index (χ1) is 11.4. The zero-order chi connectivity index (χ0) is 17.1. The molecule has 0 radical (unpaired) electrons. The number of pyridine rings is 1. The Kier molecular flexibility index (Phi) is 3.42. The Balaban J connectivity index is 1.98. The minimum Gasteiger partial charge on any atom is -0.465 e. The molecule has 3 heterocycles. The van der Waals surface area contributed by atoms with Gasteiger partial charge in [-0.3, -0.25) is 0 Å².